The van der Waals surface area contributed by atoms with Crippen molar-refractivity contribution >= 4 is 33.2 Å². The number of nitrogens with one attached hydrogen (secondary N) is 2. The zero-order chi connectivity index (χ0) is 15.5. The van der Waals surface area contributed by atoms with Gasteiger partial charge in [0.15, 0.2) is 0 Å². The van der Waals surface area contributed by atoms with E-state index in [9.17, 15) is 8.42 Å². The molecule has 0 saturated carbocycles. The van der Waals surface area contributed by atoms with Crippen LogP contribution in [0.2, 0.25) is 10.0 Å². The molecule has 0 spiro atoms. The van der Waals surface area contributed by atoms with Gasteiger partial charge in [-0.3, -0.25) is 0 Å². The van der Waals surface area contributed by atoms with Crippen molar-refractivity contribution in [2.75, 3.05) is 6.54 Å². The number of imidazole rings is 1. The van der Waals surface area contributed by atoms with Gasteiger partial charge in [-0.25, -0.2) is 18.1 Å². The zero-order valence-electron chi connectivity index (χ0n) is 10.8. The van der Waals surface area contributed by atoms with Crippen LogP contribution in [0, 0.1) is 0 Å². The Kier molecular flexibility index (Phi) is 5.23. The van der Waals surface area contributed by atoms with Gasteiger partial charge in [-0.05, 0) is 17.7 Å². The monoisotopic (exact) mass is 349 g/mol. The maximum absolute atomic E-state index is 12.2. The molecule has 3 N–H and O–H groups in total. The standard InChI is InChI=1S/C12H13Cl2N3O3S/c13-9-6-10(14)11(5-8(9)7-18)21(19,20)17-2-1-12-15-3-4-16-12/h3-6,17-18H,1-2,7H2,(H,15,16). The largest absolute Gasteiger partial charge is 0.392 e. The van der Waals surface area contributed by atoms with Crippen LogP contribution in [0.25, 0.3) is 0 Å². The molecule has 0 radical (unpaired) electrons. The van der Waals surface area contributed by atoms with Crippen LogP contribution in [0.15, 0.2) is 29.4 Å². The lowest BCUT2D eigenvalue weighted by atomic mass is 10.2. The molecule has 1 heterocycles. The van der Waals surface area contributed by atoms with Crippen molar-refractivity contribution in [1.29, 1.82) is 0 Å². The van der Waals surface area contributed by atoms with Gasteiger partial charge in [0, 0.05) is 30.4 Å². The molecule has 21 heavy (non-hydrogen) atoms. The highest BCUT2D eigenvalue weighted by atomic mass is 35.5. The fourth-order valence-corrected chi connectivity index (χ4v) is 3.60. The Labute approximate surface area is 132 Å². The Morgan fingerprint density at radius 1 is 1.29 bits per heavy atom. The van der Waals surface area contributed by atoms with Crippen molar-refractivity contribution in [3.63, 3.8) is 0 Å². The van der Waals surface area contributed by atoms with Crippen LogP contribution in [0.1, 0.15) is 11.4 Å². The van der Waals surface area contributed by atoms with Gasteiger partial charge in [0.2, 0.25) is 10.0 Å². The van der Waals surface area contributed by atoms with Crippen LogP contribution < -0.4 is 4.72 Å². The Bertz CT molecular complexity index is 718. The predicted molar refractivity (Wildman–Crippen MR) is 79.9 cm³/mol. The number of benzene rings is 1. The zero-order valence-corrected chi connectivity index (χ0v) is 13.1. The lowest BCUT2D eigenvalue weighted by Crippen LogP contribution is -2.26. The molecule has 1 aromatic heterocycles. The van der Waals surface area contributed by atoms with Crippen LogP contribution in [-0.2, 0) is 23.1 Å². The summed E-state index contributed by atoms with van der Waals surface area (Å²) < 4.78 is 26.8. The summed E-state index contributed by atoms with van der Waals surface area (Å²) in [5.74, 6) is 0.677. The summed E-state index contributed by atoms with van der Waals surface area (Å²) in [4.78, 5) is 6.76. The highest BCUT2D eigenvalue weighted by Crippen LogP contribution is 2.28. The topological polar surface area (TPSA) is 95.1 Å². The summed E-state index contributed by atoms with van der Waals surface area (Å²) in [6.07, 6.45) is 3.67. The molecule has 2 aromatic rings. The van der Waals surface area contributed by atoms with Crippen molar-refractivity contribution in [2.24, 2.45) is 0 Å². The quantitative estimate of drug-likeness (QED) is 0.739. The number of halogens is 2. The highest BCUT2D eigenvalue weighted by Gasteiger charge is 2.19. The summed E-state index contributed by atoms with van der Waals surface area (Å²) in [6.45, 7) is -0.200. The van der Waals surface area contributed by atoms with Gasteiger partial charge in [0.05, 0.1) is 11.6 Å². The van der Waals surface area contributed by atoms with E-state index >= 15 is 0 Å². The normalized spacial score (nSPS) is 11.8. The number of nitrogens with zero attached hydrogens (tertiary/aromatic N) is 1. The maximum Gasteiger partial charge on any atom is 0.242 e. The minimum Gasteiger partial charge on any atom is -0.392 e. The van der Waals surface area contributed by atoms with E-state index in [1.165, 1.54) is 12.1 Å². The fraction of sp³-hybridized carbons (Fsp3) is 0.250. The number of aromatic nitrogens is 2. The average molecular weight is 350 g/mol. The van der Waals surface area contributed by atoms with E-state index in [2.05, 4.69) is 14.7 Å². The number of aliphatic hydroxyl groups excluding tert-OH is 1. The van der Waals surface area contributed by atoms with E-state index in [1.807, 2.05) is 0 Å². The first-order chi connectivity index (χ1) is 9.94. The van der Waals surface area contributed by atoms with Gasteiger partial charge in [0.25, 0.3) is 0 Å². The molecule has 0 aliphatic carbocycles. The Balaban J connectivity index is 2.15. The molecule has 9 heteroatoms. The number of rotatable bonds is 6. The van der Waals surface area contributed by atoms with Crippen molar-refractivity contribution in [3.8, 4) is 0 Å². The molecule has 0 amide bonds. The fourth-order valence-electron chi connectivity index (χ4n) is 1.71. The third kappa shape index (κ3) is 3.96. The van der Waals surface area contributed by atoms with Gasteiger partial charge >= 0.3 is 0 Å². The van der Waals surface area contributed by atoms with Gasteiger partial charge in [-0.1, -0.05) is 23.2 Å². The molecule has 6 nitrogen and oxygen atoms in total. The van der Waals surface area contributed by atoms with Gasteiger partial charge in [-0.2, -0.15) is 0 Å². The second kappa shape index (κ2) is 6.76. The van der Waals surface area contributed by atoms with E-state index < -0.39 is 10.0 Å². The van der Waals surface area contributed by atoms with Crippen molar-refractivity contribution in [2.45, 2.75) is 17.9 Å². The maximum atomic E-state index is 12.2. The molecule has 0 aliphatic heterocycles. The minimum atomic E-state index is -3.79. The van der Waals surface area contributed by atoms with E-state index in [0.29, 0.717) is 17.8 Å². The predicted octanol–water partition coefficient (Wildman–Crippen LogP) is 1.73. The molecular weight excluding hydrogens is 337 g/mol. The number of sulfonamides is 1. The Hall–Kier alpha value is -1.12. The molecule has 0 aliphatic rings. The highest BCUT2D eigenvalue weighted by molar-refractivity contribution is 7.89. The molecule has 0 unspecified atom stereocenters. The number of aromatic amines is 1. The lowest BCUT2D eigenvalue weighted by Gasteiger charge is -2.10. The van der Waals surface area contributed by atoms with E-state index in [1.54, 1.807) is 12.4 Å². The Morgan fingerprint density at radius 3 is 2.67 bits per heavy atom. The Morgan fingerprint density at radius 2 is 2.05 bits per heavy atom. The lowest BCUT2D eigenvalue weighted by molar-refractivity contribution is 0.281. The van der Waals surface area contributed by atoms with E-state index in [4.69, 9.17) is 28.3 Å². The number of hydrogen-bond donors (Lipinski definition) is 3. The van der Waals surface area contributed by atoms with Crippen molar-refractivity contribution < 1.29 is 13.5 Å². The molecule has 114 valence electrons. The molecule has 0 bridgehead atoms. The van der Waals surface area contributed by atoms with E-state index in [-0.39, 0.29) is 28.1 Å². The molecule has 2 rings (SSSR count). The third-order valence-electron chi connectivity index (χ3n) is 2.77. The molecule has 0 fully saturated rings. The first kappa shape index (κ1) is 16.3. The second-order valence-electron chi connectivity index (χ2n) is 4.22. The summed E-state index contributed by atoms with van der Waals surface area (Å²) >= 11 is 11.8. The smallest absolute Gasteiger partial charge is 0.242 e. The first-order valence-electron chi connectivity index (χ1n) is 6.00. The molecule has 0 saturated heterocycles. The number of hydrogen-bond acceptors (Lipinski definition) is 4. The van der Waals surface area contributed by atoms with Crippen molar-refractivity contribution in [1.82, 2.24) is 14.7 Å². The number of H-pyrrole nitrogens is 1. The minimum absolute atomic E-state index is 0.00250. The number of aliphatic hydroxyl groups is 1. The third-order valence-corrected chi connectivity index (χ3v) is 5.05. The summed E-state index contributed by atoms with van der Waals surface area (Å²) in [5, 5.41) is 9.37. The average Bonchev–Trinajstić information content (AvgIpc) is 2.91. The second-order valence-corrected chi connectivity index (χ2v) is 6.77. The van der Waals surface area contributed by atoms with Crippen LogP contribution in [0.4, 0.5) is 0 Å². The van der Waals surface area contributed by atoms with Crippen LogP contribution in [0.5, 0.6) is 0 Å². The van der Waals surface area contributed by atoms with Crippen LogP contribution >= 0.6 is 23.2 Å². The molecule has 0 atom stereocenters. The van der Waals surface area contributed by atoms with Crippen LogP contribution in [0.3, 0.4) is 0 Å². The summed E-state index contributed by atoms with van der Waals surface area (Å²) in [5.41, 5.74) is 0.299. The van der Waals surface area contributed by atoms with Gasteiger partial charge in [0.1, 0.15) is 10.7 Å². The summed E-state index contributed by atoms with van der Waals surface area (Å²) in [7, 11) is -3.79. The van der Waals surface area contributed by atoms with Crippen molar-refractivity contribution in [3.05, 3.63) is 46.0 Å². The first-order valence-corrected chi connectivity index (χ1v) is 8.24. The van der Waals surface area contributed by atoms with E-state index in [0.717, 1.165) is 0 Å². The van der Waals surface area contributed by atoms with Crippen LogP contribution in [-0.4, -0.2) is 30.0 Å². The SMILES string of the molecule is O=S(=O)(NCCc1ncc[nH]1)c1cc(CO)c(Cl)cc1Cl. The summed E-state index contributed by atoms with van der Waals surface area (Å²) in [6, 6.07) is 2.57. The van der Waals surface area contributed by atoms with Gasteiger partial charge < -0.3 is 10.1 Å². The van der Waals surface area contributed by atoms with Gasteiger partial charge in [-0.15, -0.1) is 0 Å². The molecule has 1 aromatic carbocycles. The molecular formula is C12H13Cl2N3O3S.